The van der Waals surface area contributed by atoms with Gasteiger partial charge in [0.05, 0.1) is 5.54 Å². The molecule has 30 heavy (non-hydrogen) atoms. The van der Waals surface area contributed by atoms with Crippen molar-refractivity contribution >= 4 is 28.3 Å². The minimum atomic E-state index is -0.920. The second kappa shape index (κ2) is 7.71. The van der Waals surface area contributed by atoms with Crippen molar-refractivity contribution in [2.24, 2.45) is 0 Å². The molecule has 0 saturated carbocycles. The van der Waals surface area contributed by atoms with Gasteiger partial charge < -0.3 is 9.64 Å². The average Bonchev–Trinajstić information content (AvgIpc) is 3.27. The summed E-state index contributed by atoms with van der Waals surface area (Å²) in [6.07, 6.45) is 5.57. The Labute approximate surface area is 179 Å². The summed E-state index contributed by atoms with van der Waals surface area (Å²) in [5, 5.41) is 0.193. The van der Waals surface area contributed by atoms with Crippen LogP contribution in [0.5, 0.6) is 5.88 Å². The van der Waals surface area contributed by atoms with E-state index in [1.54, 1.807) is 0 Å². The number of hydrogen-bond acceptors (Lipinski definition) is 6. The quantitative estimate of drug-likeness (QED) is 0.486. The monoisotopic (exact) mass is 437 g/mol. The van der Waals surface area contributed by atoms with Gasteiger partial charge in [0.1, 0.15) is 22.9 Å². The molecule has 0 aromatic carbocycles. The third-order valence-corrected chi connectivity index (χ3v) is 6.90. The van der Waals surface area contributed by atoms with Gasteiger partial charge in [-0.25, -0.2) is 18.7 Å². The number of anilines is 1. The zero-order chi connectivity index (χ0) is 20.9. The molecule has 0 bridgehead atoms. The Morgan fingerprint density at radius 1 is 1.23 bits per heavy atom. The molecule has 9 heteroatoms. The van der Waals surface area contributed by atoms with E-state index in [0.29, 0.717) is 30.0 Å². The van der Waals surface area contributed by atoms with Crippen LogP contribution in [-0.4, -0.2) is 52.4 Å². The third kappa shape index (κ3) is 3.11. The summed E-state index contributed by atoms with van der Waals surface area (Å²) in [6.45, 7) is 4.39. The van der Waals surface area contributed by atoms with Crippen LogP contribution in [0.2, 0.25) is 5.15 Å². The number of fused-ring (bicyclic) bond motifs is 1. The van der Waals surface area contributed by atoms with Crippen molar-refractivity contribution < 1.29 is 13.5 Å². The zero-order valence-electron chi connectivity index (χ0n) is 17.1. The van der Waals surface area contributed by atoms with E-state index in [1.807, 2.05) is 4.90 Å². The van der Waals surface area contributed by atoms with E-state index in [1.165, 1.54) is 0 Å². The third-order valence-electron chi connectivity index (χ3n) is 6.65. The van der Waals surface area contributed by atoms with Crippen LogP contribution in [0.1, 0.15) is 57.7 Å². The van der Waals surface area contributed by atoms with Crippen molar-refractivity contribution in [3.63, 3.8) is 0 Å². The van der Waals surface area contributed by atoms with Crippen LogP contribution in [0.15, 0.2) is 0 Å². The molecule has 162 valence electrons. The van der Waals surface area contributed by atoms with Gasteiger partial charge in [0.25, 0.3) is 0 Å². The van der Waals surface area contributed by atoms with Gasteiger partial charge in [-0.3, -0.25) is 4.90 Å². The molecule has 6 nitrogen and oxygen atoms in total. The Morgan fingerprint density at radius 3 is 2.93 bits per heavy atom. The van der Waals surface area contributed by atoms with E-state index in [4.69, 9.17) is 21.3 Å². The SMILES string of the molecule is CCCCCCN1COc2nc(Cl)c(F)c3nc(C45CCCN4CC(F)C5)nc1c23. The first kappa shape index (κ1) is 20.1. The summed E-state index contributed by atoms with van der Waals surface area (Å²) in [7, 11) is 0. The molecule has 0 aliphatic carbocycles. The number of halogens is 3. The molecule has 0 amide bonds. The smallest absolute Gasteiger partial charge is 0.230 e. The Morgan fingerprint density at radius 2 is 2.10 bits per heavy atom. The van der Waals surface area contributed by atoms with Crippen molar-refractivity contribution in [3.8, 4) is 5.88 Å². The lowest BCUT2D eigenvalue weighted by Gasteiger charge is -2.34. The van der Waals surface area contributed by atoms with Crippen LogP contribution in [0, 0.1) is 5.82 Å². The second-order valence-electron chi connectivity index (χ2n) is 8.60. The number of pyridine rings is 1. The largest absolute Gasteiger partial charge is 0.456 e. The van der Waals surface area contributed by atoms with E-state index in [2.05, 4.69) is 21.8 Å². The molecule has 2 aromatic heterocycles. The van der Waals surface area contributed by atoms with Gasteiger partial charge >= 0.3 is 0 Å². The van der Waals surface area contributed by atoms with Crippen LogP contribution >= 0.6 is 11.6 Å². The first-order valence-corrected chi connectivity index (χ1v) is 11.3. The highest BCUT2D eigenvalue weighted by atomic mass is 35.5. The van der Waals surface area contributed by atoms with E-state index >= 15 is 4.39 Å². The molecular weight excluding hydrogens is 412 g/mol. The summed E-state index contributed by atoms with van der Waals surface area (Å²) in [5.41, 5.74) is -0.453. The molecule has 2 unspecified atom stereocenters. The molecular formula is C21H26ClF2N5O. The predicted octanol–water partition coefficient (Wildman–Crippen LogP) is 4.59. The number of aromatic nitrogens is 3. The standard InChI is InChI=1S/C21H26ClF2N5O/c1-2-3-4-5-8-28-12-30-19-14-16(15(24)17(22)26-19)25-20(27-18(14)28)21-7-6-9-29(21)11-13(23)10-21/h13H,2-12H2,1H3. The number of nitrogens with zero attached hydrogens (tertiary/aromatic N) is 5. The molecule has 5 heterocycles. The fourth-order valence-corrected chi connectivity index (χ4v) is 5.35. The van der Waals surface area contributed by atoms with Gasteiger partial charge in [-0.05, 0) is 25.8 Å². The van der Waals surface area contributed by atoms with E-state index in [9.17, 15) is 4.39 Å². The van der Waals surface area contributed by atoms with Gasteiger partial charge in [-0.15, -0.1) is 0 Å². The summed E-state index contributed by atoms with van der Waals surface area (Å²) < 4.78 is 35.2. The average molecular weight is 438 g/mol. The van der Waals surface area contributed by atoms with Gasteiger partial charge in [0.2, 0.25) is 5.88 Å². The topological polar surface area (TPSA) is 54.4 Å². The maximum Gasteiger partial charge on any atom is 0.230 e. The first-order valence-electron chi connectivity index (χ1n) is 10.9. The van der Waals surface area contributed by atoms with Crippen LogP contribution < -0.4 is 9.64 Å². The number of ether oxygens (including phenoxy) is 1. The van der Waals surface area contributed by atoms with Crippen LogP contribution in [0.25, 0.3) is 10.9 Å². The molecule has 0 N–H and O–H groups in total. The number of unbranched alkanes of at least 4 members (excludes halogenated alkanes) is 3. The maximum atomic E-state index is 15.0. The number of rotatable bonds is 6. The molecule has 2 saturated heterocycles. The summed E-state index contributed by atoms with van der Waals surface area (Å²) >= 11 is 6.04. The van der Waals surface area contributed by atoms with Crippen molar-refractivity contribution in [2.45, 2.75) is 63.6 Å². The predicted molar refractivity (Wildman–Crippen MR) is 111 cm³/mol. The normalized spacial score (nSPS) is 25.7. The lowest BCUT2D eigenvalue weighted by atomic mass is 9.92. The lowest BCUT2D eigenvalue weighted by molar-refractivity contribution is 0.185. The van der Waals surface area contributed by atoms with Crippen molar-refractivity contribution in [1.29, 1.82) is 0 Å². The Balaban J connectivity index is 1.63. The minimum Gasteiger partial charge on any atom is -0.456 e. The summed E-state index contributed by atoms with van der Waals surface area (Å²) in [4.78, 5) is 17.7. The Kier molecular flexibility index (Phi) is 5.17. The zero-order valence-corrected chi connectivity index (χ0v) is 17.9. The summed E-state index contributed by atoms with van der Waals surface area (Å²) in [6, 6.07) is 0. The molecule has 3 aliphatic heterocycles. The minimum absolute atomic E-state index is 0.117. The van der Waals surface area contributed by atoms with Crippen LogP contribution in [0.3, 0.4) is 0 Å². The van der Waals surface area contributed by atoms with Crippen LogP contribution in [0.4, 0.5) is 14.6 Å². The van der Waals surface area contributed by atoms with Gasteiger partial charge in [-0.1, -0.05) is 37.8 Å². The Bertz CT molecular complexity index is 976. The highest BCUT2D eigenvalue weighted by Crippen LogP contribution is 2.48. The Hall–Kier alpha value is -1.80. The maximum absolute atomic E-state index is 15.0. The van der Waals surface area contributed by atoms with Crippen molar-refractivity contribution in [1.82, 2.24) is 19.9 Å². The molecule has 2 fully saturated rings. The highest BCUT2D eigenvalue weighted by Gasteiger charge is 2.52. The number of alkyl halides is 1. The molecule has 3 aliphatic rings. The fourth-order valence-electron chi connectivity index (χ4n) is 5.18. The highest BCUT2D eigenvalue weighted by molar-refractivity contribution is 6.30. The van der Waals surface area contributed by atoms with Gasteiger partial charge in [0.15, 0.2) is 23.5 Å². The summed E-state index contributed by atoms with van der Waals surface area (Å²) in [5.74, 6) is 0.709. The molecule has 0 spiro atoms. The van der Waals surface area contributed by atoms with E-state index in [0.717, 1.165) is 51.6 Å². The van der Waals surface area contributed by atoms with Gasteiger partial charge in [-0.2, -0.15) is 4.98 Å². The van der Waals surface area contributed by atoms with Crippen LogP contribution in [-0.2, 0) is 5.54 Å². The van der Waals surface area contributed by atoms with Crippen molar-refractivity contribution in [2.75, 3.05) is 31.3 Å². The molecule has 2 aromatic rings. The second-order valence-corrected chi connectivity index (χ2v) is 8.95. The lowest BCUT2D eigenvalue weighted by Crippen LogP contribution is -2.39. The van der Waals surface area contributed by atoms with E-state index < -0.39 is 17.5 Å². The van der Waals surface area contributed by atoms with Gasteiger partial charge in [0, 0.05) is 19.5 Å². The fraction of sp³-hybridized carbons (Fsp3) is 0.667. The molecule has 5 rings (SSSR count). The molecule has 2 atom stereocenters. The number of hydrogen-bond donors (Lipinski definition) is 0. The van der Waals surface area contributed by atoms with Crippen molar-refractivity contribution in [3.05, 3.63) is 16.8 Å². The first-order chi connectivity index (χ1) is 14.5. The van der Waals surface area contributed by atoms with E-state index in [-0.39, 0.29) is 23.3 Å². The molecule has 0 radical (unpaired) electrons.